The molecule has 1 heterocycles. The standard InChI is InChI=1S/C24H28N2O3/c27-24(28)21-8-9-22-20(16-21)7-6-19(23(22)25-29)12-15-26-13-10-18(11-14-26)17-4-2-1-3-5-17/h1-5,8-9,16,18-19,23H,6-7,10-15H2,(H,27,28). The molecule has 2 aromatic carbocycles. The fourth-order valence-corrected chi connectivity index (χ4v) is 5.01. The van der Waals surface area contributed by atoms with Gasteiger partial charge in [0.2, 0.25) is 0 Å². The van der Waals surface area contributed by atoms with Crippen molar-refractivity contribution in [1.29, 1.82) is 0 Å². The maximum atomic E-state index is 11.6. The molecule has 152 valence electrons. The van der Waals surface area contributed by atoms with Crippen LogP contribution in [0.5, 0.6) is 0 Å². The van der Waals surface area contributed by atoms with Crippen LogP contribution in [0.1, 0.15) is 64.7 Å². The number of carboxylic acid groups (broad SMARTS) is 1. The minimum absolute atomic E-state index is 0.238. The summed E-state index contributed by atoms with van der Waals surface area (Å²) >= 11 is 0. The molecule has 1 N–H and O–H groups in total. The number of nitrogens with zero attached hydrogens (tertiary/aromatic N) is 2. The van der Waals surface area contributed by atoms with Crippen LogP contribution in [0.3, 0.4) is 0 Å². The van der Waals surface area contributed by atoms with Crippen LogP contribution in [0.15, 0.2) is 53.7 Å². The number of carboxylic acids is 1. The van der Waals surface area contributed by atoms with Gasteiger partial charge in [-0.25, -0.2) is 4.79 Å². The summed E-state index contributed by atoms with van der Waals surface area (Å²) in [7, 11) is 0. The van der Waals surface area contributed by atoms with Gasteiger partial charge in [0.05, 0.1) is 5.56 Å². The molecule has 29 heavy (non-hydrogen) atoms. The lowest BCUT2D eigenvalue weighted by Gasteiger charge is -2.35. The highest BCUT2D eigenvalue weighted by atomic mass is 16.4. The van der Waals surface area contributed by atoms with Crippen molar-refractivity contribution in [3.63, 3.8) is 0 Å². The number of hydrogen-bond donors (Lipinski definition) is 1. The monoisotopic (exact) mass is 392 g/mol. The van der Waals surface area contributed by atoms with Gasteiger partial charge in [-0.15, -0.1) is 0 Å². The fourth-order valence-electron chi connectivity index (χ4n) is 5.01. The molecule has 2 aromatic rings. The van der Waals surface area contributed by atoms with Crippen molar-refractivity contribution in [2.45, 2.75) is 44.1 Å². The first-order valence-corrected chi connectivity index (χ1v) is 10.6. The Balaban J connectivity index is 1.33. The zero-order valence-electron chi connectivity index (χ0n) is 16.7. The van der Waals surface area contributed by atoms with Crippen LogP contribution < -0.4 is 0 Å². The van der Waals surface area contributed by atoms with E-state index in [0.29, 0.717) is 5.92 Å². The number of likely N-dealkylation sites (tertiary alicyclic amines) is 1. The molecular weight excluding hydrogens is 364 g/mol. The Labute approximate surface area is 171 Å². The van der Waals surface area contributed by atoms with E-state index < -0.39 is 5.97 Å². The van der Waals surface area contributed by atoms with Crippen molar-refractivity contribution in [2.24, 2.45) is 11.1 Å². The molecule has 0 aromatic heterocycles. The number of nitroso groups, excluding NO2 is 1. The molecule has 1 saturated heterocycles. The highest BCUT2D eigenvalue weighted by Crippen LogP contribution is 2.39. The Morgan fingerprint density at radius 1 is 1.07 bits per heavy atom. The Bertz CT molecular complexity index is 860. The van der Waals surface area contributed by atoms with Crippen molar-refractivity contribution in [3.05, 3.63) is 75.7 Å². The maximum Gasteiger partial charge on any atom is 0.335 e. The van der Waals surface area contributed by atoms with Crippen molar-refractivity contribution in [1.82, 2.24) is 4.90 Å². The highest BCUT2D eigenvalue weighted by molar-refractivity contribution is 5.88. The van der Waals surface area contributed by atoms with Crippen LogP contribution in [-0.4, -0.2) is 35.6 Å². The third-order valence-corrected chi connectivity index (χ3v) is 6.73. The van der Waals surface area contributed by atoms with Crippen LogP contribution >= 0.6 is 0 Å². The van der Waals surface area contributed by atoms with E-state index >= 15 is 0 Å². The summed E-state index contributed by atoms with van der Waals surface area (Å²) in [5, 5.41) is 12.6. The normalized spacial score (nSPS) is 22.8. The Morgan fingerprint density at radius 2 is 1.83 bits per heavy atom. The third kappa shape index (κ3) is 4.40. The summed E-state index contributed by atoms with van der Waals surface area (Å²) in [4.78, 5) is 25.3. The zero-order chi connectivity index (χ0) is 20.2. The first kappa shape index (κ1) is 19.8. The molecule has 1 fully saturated rings. The Hall–Kier alpha value is -2.53. The van der Waals surface area contributed by atoms with Gasteiger partial charge in [0.1, 0.15) is 6.04 Å². The first-order valence-electron chi connectivity index (χ1n) is 10.6. The second-order valence-electron chi connectivity index (χ2n) is 8.38. The van der Waals surface area contributed by atoms with Crippen LogP contribution in [0.2, 0.25) is 0 Å². The van der Waals surface area contributed by atoms with Gasteiger partial charge in [0.25, 0.3) is 0 Å². The minimum Gasteiger partial charge on any atom is -0.478 e. The van der Waals surface area contributed by atoms with Crippen molar-refractivity contribution >= 4 is 5.97 Å². The predicted molar refractivity (Wildman–Crippen MR) is 113 cm³/mol. The van der Waals surface area contributed by atoms with Gasteiger partial charge in [-0.1, -0.05) is 41.6 Å². The number of hydrogen-bond acceptors (Lipinski definition) is 4. The van der Waals surface area contributed by atoms with Crippen molar-refractivity contribution in [2.75, 3.05) is 19.6 Å². The van der Waals surface area contributed by atoms with E-state index in [1.807, 2.05) is 0 Å². The van der Waals surface area contributed by atoms with Gasteiger partial charge in [0, 0.05) is 0 Å². The number of aromatic carboxylic acids is 1. The molecule has 0 bridgehead atoms. The van der Waals surface area contributed by atoms with E-state index in [1.165, 1.54) is 18.4 Å². The van der Waals surface area contributed by atoms with Gasteiger partial charge < -0.3 is 10.0 Å². The van der Waals surface area contributed by atoms with Gasteiger partial charge in [-0.05, 0) is 92.4 Å². The Kier molecular flexibility index (Phi) is 6.05. The number of fused-ring (bicyclic) bond motifs is 1. The van der Waals surface area contributed by atoms with E-state index in [0.717, 1.165) is 50.0 Å². The molecule has 2 atom stereocenters. The number of rotatable bonds is 6. The summed E-state index contributed by atoms with van der Waals surface area (Å²) in [5.41, 5.74) is 3.62. The smallest absolute Gasteiger partial charge is 0.335 e. The van der Waals surface area contributed by atoms with E-state index in [1.54, 1.807) is 18.2 Å². The van der Waals surface area contributed by atoms with Gasteiger partial charge >= 0.3 is 5.97 Å². The van der Waals surface area contributed by atoms with Crippen molar-refractivity contribution < 1.29 is 9.90 Å². The minimum atomic E-state index is -0.926. The number of carbonyl (C=O) groups is 1. The molecule has 0 amide bonds. The first-order chi connectivity index (χ1) is 14.2. The van der Waals surface area contributed by atoms with Crippen LogP contribution in [0, 0.1) is 10.8 Å². The van der Waals surface area contributed by atoms with E-state index in [9.17, 15) is 14.8 Å². The molecule has 4 rings (SSSR count). The maximum absolute atomic E-state index is 11.6. The average molecular weight is 392 g/mol. The van der Waals surface area contributed by atoms with Crippen molar-refractivity contribution in [3.8, 4) is 0 Å². The third-order valence-electron chi connectivity index (χ3n) is 6.73. The summed E-state index contributed by atoms with van der Waals surface area (Å²) in [6.07, 6.45) is 5.05. The largest absolute Gasteiger partial charge is 0.478 e. The molecule has 1 aliphatic heterocycles. The lowest BCUT2D eigenvalue weighted by atomic mass is 9.78. The molecule has 2 unspecified atom stereocenters. The lowest BCUT2D eigenvalue weighted by molar-refractivity contribution is 0.0696. The van der Waals surface area contributed by atoms with E-state index in [2.05, 4.69) is 40.4 Å². The molecule has 0 saturated carbocycles. The van der Waals surface area contributed by atoms with E-state index in [-0.39, 0.29) is 17.5 Å². The number of aryl methyl sites for hydroxylation is 1. The molecule has 5 nitrogen and oxygen atoms in total. The van der Waals surface area contributed by atoms with Crippen LogP contribution in [0.25, 0.3) is 0 Å². The highest BCUT2D eigenvalue weighted by Gasteiger charge is 2.31. The molecule has 1 aliphatic carbocycles. The SMILES string of the molecule is O=NC1c2ccc(C(=O)O)cc2CCC1CCN1CCC(c2ccccc2)CC1. The van der Waals surface area contributed by atoms with E-state index in [4.69, 9.17) is 0 Å². The average Bonchev–Trinajstić information content (AvgIpc) is 2.77. The molecular formula is C24H28N2O3. The summed E-state index contributed by atoms with van der Waals surface area (Å²) in [5.74, 6) is -0.0335. The molecule has 2 aliphatic rings. The van der Waals surface area contributed by atoms with Crippen LogP contribution in [-0.2, 0) is 6.42 Å². The lowest BCUT2D eigenvalue weighted by Crippen LogP contribution is -2.35. The van der Waals surface area contributed by atoms with Gasteiger partial charge in [0.15, 0.2) is 0 Å². The summed E-state index contributed by atoms with van der Waals surface area (Å²) in [6.45, 7) is 3.20. The molecule has 0 radical (unpaired) electrons. The zero-order valence-corrected chi connectivity index (χ0v) is 16.7. The predicted octanol–water partition coefficient (Wildman–Crippen LogP) is 5.02. The second-order valence-corrected chi connectivity index (χ2v) is 8.38. The quantitative estimate of drug-likeness (QED) is 0.701. The molecule has 5 heteroatoms. The van der Waals surface area contributed by atoms with Gasteiger partial charge in [-0.3, -0.25) is 0 Å². The number of benzene rings is 2. The fraction of sp³-hybridized carbons (Fsp3) is 0.458. The van der Waals surface area contributed by atoms with Gasteiger partial charge in [-0.2, -0.15) is 4.91 Å². The summed E-state index contributed by atoms with van der Waals surface area (Å²) in [6, 6.07) is 15.5. The Morgan fingerprint density at radius 3 is 2.52 bits per heavy atom. The summed E-state index contributed by atoms with van der Waals surface area (Å²) < 4.78 is 0. The topological polar surface area (TPSA) is 70.0 Å². The van der Waals surface area contributed by atoms with Crippen LogP contribution in [0.4, 0.5) is 0 Å². The second kappa shape index (κ2) is 8.87. The number of piperidine rings is 1. The molecule has 0 spiro atoms.